The number of thiophene rings is 1. The summed E-state index contributed by atoms with van der Waals surface area (Å²) < 4.78 is 7.34. The number of para-hydroxylation sites is 1. The van der Waals surface area contributed by atoms with Crippen LogP contribution in [0.5, 0.6) is 0 Å². The van der Waals surface area contributed by atoms with Crippen molar-refractivity contribution in [3.05, 3.63) is 61.2 Å². The average molecular weight is 471 g/mol. The summed E-state index contributed by atoms with van der Waals surface area (Å²) in [5.41, 5.74) is 1.45. The summed E-state index contributed by atoms with van der Waals surface area (Å²) in [6.07, 6.45) is 0.859. The number of rotatable bonds is 8. The minimum Gasteiger partial charge on any atom is -0.379 e. The number of nitrogens with one attached hydrogen (secondary N) is 1. The van der Waals surface area contributed by atoms with Gasteiger partial charge in [0.1, 0.15) is 10.7 Å². The smallest absolute Gasteiger partial charge is 0.262 e. The molecule has 0 spiro atoms. The molecule has 4 aromatic rings. The second kappa shape index (κ2) is 9.56. The Kier molecular flexibility index (Phi) is 6.78. The lowest BCUT2D eigenvalue weighted by Crippen LogP contribution is -2.24. The van der Waals surface area contributed by atoms with Gasteiger partial charge in [0.05, 0.1) is 28.1 Å². The number of aromatic nitrogens is 4. The van der Waals surface area contributed by atoms with E-state index in [2.05, 4.69) is 9.97 Å². The van der Waals surface area contributed by atoms with Crippen LogP contribution < -0.4 is 11.1 Å². The summed E-state index contributed by atoms with van der Waals surface area (Å²) >= 11 is 2.93. The van der Waals surface area contributed by atoms with Crippen LogP contribution >= 0.6 is 23.1 Å². The van der Waals surface area contributed by atoms with Gasteiger partial charge < -0.3 is 9.72 Å². The standard InChI is InChI=1S/C23H26N4O3S2/c1-13(2)30-11-7-10-27-22(29)16-8-5-6-9-17(16)24-23(27)31-12-18-25-20(28)19-14(3)15(4)32-21(19)26-18/h5-6,8-9,13H,7,10-12H2,1-4H3,(H,25,26,28). The normalized spacial score (nSPS) is 11.8. The van der Waals surface area contributed by atoms with E-state index < -0.39 is 0 Å². The van der Waals surface area contributed by atoms with Crippen LogP contribution in [-0.4, -0.2) is 32.2 Å². The second-order valence-corrected chi connectivity index (χ2v) is 10.1. The maximum absolute atomic E-state index is 13.2. The maximum Gasteiger partial charge on any atom is 0.262 e. The third-order valence-corrected chi connectivity index (χ3v) is 7.32. The summed E-state index contributed by atoms with van der Waals surface area (Å²) in [6, 6.07) is 7.36. The van der Waals surface area contributed by atoms with Crippen LogP contribution in [0.2, 0.25) is 0 Å². The van der Waals surface area contributed by atoms with Crippen LogP contribution in [0.25, 0.3) is 21.1 Å². The Morgan fingerprint density at radius 1 is 1.19 bits per heavy atom. The highest BCUT2D eigenvalue weighted by molar-refractivity contribution is 7.98. The number of aryl methyl sites for hydroxylation is 2. The molecule has 3 aromatic heterocycles. The molecule has 32 heavy (non-hydrogen) atoms. The molecule has 1 N–H and O–H groups in total. The van der Waals surface area contributed by atoms with Crippen LogP contribution in [-0.2, 0) is 17.0 Å². The van der Waals surface area contributed by atoms with Gasteiger partial charge in [0.2, 0.25) is 0 Å². The highest BCUT2D eigenvalue weighted by Gasteiger charge is 2.15. The van der Waals surface area contributed by atoms with E-state index in [1.807, 2.05) is 45.9 Å². The van der Waals surface area contributed by atoms with Crippen molar-refractivity contribution in [3.8, 4) is 0 Å². The van der Waals surface area contributed by atoms with Crippen LogP contribution in [0.15, 0.2) is 39.0 Å². The van der Waals surface area contributed by atoms with Crippen molar-refractivity contribution in [2.75, 3.05) is 6.61 Å². The third kappa shape index (κ3) is 4.65. The van der Waals surface area contributed by atoms with E-state index in [4.69, 9.17) is 9.72 Å². The molecule has 9 heteroatoms. The monoisotopic (exact) mass is 470 g/mol. The minimum atomic E-state index is -0.123. The number of H-pyrrole nitrogens is 1. The van der Waals surface area contributed by atoms with Crippen LogP contribution in [0, 0.1) is 13.8 Å². The number of aromatic amines is 1. The molecule has 0 saturated heterocycles. The Labute approximate surface area is 193 Å². The van der Waals surface area contributed by atoms with Gasteiger partial charge in [-0.25, -0.2) is 9.97 Å². The van der Waals surface area contributed by atoms with Crippen LogP contribution in [0.1, 0.15) is 36.5 Å². The largest absolute Gasteiger partial charge is 0.379 e. The number of thioether (sulfide) groups is 1. The molecule has 168 valence electrons. The first kappa shape index (κ1) is 22.7. The van der Waals surface area contributed by atoms with Crippen LogP contribution in [0.4, 0.5) is 0 Å². The quantitative estimate of drug-likeness (QED) is 0.233. The molecule has 0 aliphatic heterocycles. The third-order valence-electron chi connectivity index (χ3n) is 5.23. The average Bonchev–Trinajstić information content (AvgIpc) is 3.04. The van der Waals surface area contributed by atoms with Crippen molar-refractivity contribution in [2.45, 2.75) is 57.7 Å². The van der Waals surface area contributed by atoms with E-state index in [0.717, 1.165) is 15.3 Å². The lowest BCUT2D eigenvalue weighted by atomic mass is 10.2. The van der Waals surface area contributed by atoms with Gasteiger partial charge in [-0.2, -0.15) is 0 Å². The number of fused-ring (bicyclic) bond motifs is 2. The number of hydrogen-bond acceptors (Lipinski definition) is 7. The van der Waals surface area contributed by atoms with Crippen molar-refractivity contribution < 1.29 is 4.74 Å². The molecule has 4 rings (SSSR count). The molecule has 0 aliphatic rings. The van der Waals surface area contributed by atoms with Crippen molar-refractivity contribution in [2.24, 2.45) is 0 Å². The predicted molar refractivity (Wildman–Crippen MR) is 131 cm³/mol. The molecule has 0 unspecified atom stereocenters. The lowest BCUT2D eigenvalue weighted by Gasteiger charge is -2.14. The molecule has 0 amide bonds. The molecule has 0 saturated carbocycles. The summed E-state index contributed by atoms with van der Waals surface area (Å²) in [4.78, 5) is 39.9. The van der Waals surface area contributed by atoms with E-state index in [1.54, 1.807) is 10.6 Å². The van der Waals surface area contributed by atoms with E-state index in [0.29, 0.717) is 52.6 Å². The van der Waals surface area contributed by atoms with Crippen molar-refractivity contribution in [3.63, 3.8) is 0 Å². The minimum absolute atomic E-state index is 0.0657. The van der Waals surface area contributed by atoms with Crippen molar-refractivity contribution >= 4 is 44.2 Å². The van der Waals surface area contributed by atoms with Crippen molar-refractivity contribution in [1.29, 1.82) is 0 Å². The van der Waals surface area contributed by atoms with E-state index in [-0.39, 0.29) is 17.2 Å². The Morgan fingerprint density at radius 2 is 1.97 bits per heavy atom. The first-order valence-corrected chi connectivity index (χ1v) is 12.4. The molecule has 0 fully saturated rings. The Balaban J connectivity index is 1.64. The molecule has 0 radical (unpaired) electrons. The number of ether oxygens (including phenoxy) is 1. The summed E-state index contributed by atoms with van der Waals surface area (Å²) in [7, 11) is 0. The molecule has 3 heterocycles. The van der Waals surface area contributed by atoms with Gasteiger partial charge in [0.15, 0.2) is 5.16 Å². The Hall–Kier alpha value is -2.49. The topological polar surface area (TPSA) is 89.9 Å². The second-order valence-electron chi connectivity index (χ2n) is 7.91. The molecular weight excluding hydrogens is 444 g/mol. The first-order chi connectivity index (χ1) is 15.3. The molecule has 0 aliphatic carbocycles. The van der Waals surface area contributed by atoms with E-state index in [1.165, 1.54) is 23.1 Å². The zero-order valence-corrected chi connectivity index (χ0v) is 20.2. The van der Waals surface area contributed by atoms with Gasteiger partial charge in [-0.3, -0.25) is 14.2 Å². The number of nitrogens with zero attached hydrogens (tertiary/aromatic N) is 3. The summed E-state index contributed by atoms with van der Waals surface area (Å²) in [5.74, 6) is 0.986. The lowest BCUT2D eigenvalue weighted by molar-refractivity contribution is 0.0743. The Bertz CT molecular complexity index is 1390. The molecule has 7 nitrogen and oxygen atoms in total. The van der Waals surface area contributed by atoms with Gasteiger partial charge in [-0.1, -0.05) is 23.9 Å². The zero-order chi connectivity index (χ0) is 22.8. The highest BCUT2D eigenvalue weighted by Crippen LogP contribution is 2.27. The zero-order valence-electron chi connectivity index (χ0n) is 18.6. The number of benzene rings is 1. The molecule has 0 bridgehead atoms. The van der Waals surface area contributed by atoms with Gasteiger partial charge >= 0.3 is 0 Å². The van der Waals surface area contributed by atoms with Gasteiger partial charge in [0, 0.05) is 18.0 Å². The van der Waals surface area contributed by atoms with Gasteiger partial charge in [-0.05, 0) is 51.8 Å². The maximum atomic E-state index is 13.2. The number of hydrogen-bond donors (Lipinski definition) is 1. The SMILES string of the molecule is Cc1sc2nc(CSc3nc4ccccc4c(=O)n3CCCOC(C)C)[nH]c(=O)c2c1C. The van der Waals surface area contributed by atoms with Gasteiger partial charge in [0.25, 0.3) is 11.1 Å². The predicted octanol–water partition coefficient (Wildman–Crippen LogP) is 4.42. The van der Waals surface area contributed by atoms with E-state index in [9.17, 15) is 9.59 Å². The van der Waals surface area contributed by atoms with Crippen LogP contribution in [0.3, 0.4) is 0 Å². The molecular formula is C23H26N4O3S2. The highest BCUT2D eigenvalue weighted by atomic mass is 32.2. The first-order valence-electron chi connectivity index (χ1n) is 10.6. The van der Waals surface area contributed by atoms with Crippen molar-refractivity contribution in [1.82, 2.24) is 19.5 Å². The summed E-state index contributed by atoms with van der Waals surface area (Å²) in [6.45, 7) is 9.01. The summed E-state index contributed by atoms with van der Waals surface area (Å²) in [5, 5.41) is 1.87. The fourth-order valence-electron chi connectivity index (χ4n) is 3.50. The molecule has 1 aromatic carbocycles. The fourth-order valence-corrected chi connectivity index (χ4v) is 5.44. The van der Waals surface area contributed by atoms with Gasteiger partial charge in [-0.15, -0.1) is 11.3 Å². The fraction of sp³-hybridized carbons (Fsp3) is 0.391. The molecule has 0 atom stereocenters. The van der Waals surface area contributed by atoms with E-state index >= 15 is 0 Å². The Morgan fingerprint density at radius 3 is 2.75 bits per heavy atom.